The lowest BCUT2D eigenvalue weighted by atomic mass is 10.1. The molecule has 0 spiro atoms. The van der Waals surface area contributed by atoms with Crippen LogP contribution in [0.3, 0.4) is 0 Å². The van der Waals surface area contributed by atoms with Gasteiger partial charge in [-0.15, -0.1) is 11.3 Å². The molecule has 0 bridgehead atoms. The van der Waals surface area contributed by atoms with Crippen LogP contribution in [0.4, 0.5) is 11.4 Å². The van der Waals surface area contributed by atoms with Crippen molar-refractivity contribution in [1.29, 1.82) is 0 Å². The van der Waals surface area contributed by atoms with Crippen molar-refractivity contribution in [2.24, 2.45) is 0 Å². The van der Waals surface area contributed by atoms with E-state index in [4.69, 9.17) is 23.2 Å². The second-order valence-corrected chi connectivity index (χ2v) is 9.79. The molecular weight excluding hydrogens is 487 g/mol. The molecule has 2 heterocycles. The van der Waals surface area contributed by atoms with E-state index in [1.54, 1.807) is 59.6 Å². The number of benzene rings is 3. The predicted molar refractivity (Wildman–Crippen MR) is 141 cm³/mol. The molecule has 1 aromatic heterocycles. The number of amides is 2. The molecule has 7 heteroatoms. The minimum absolute atomic E-state index is 0.170. The van der Waals surface area contributed by atoms with Crippen molar-refractivity contribution in [1.82, 2.24) is 0 Å². The highest BCUT2D eigenvalue weighted by Gasteiger charge is 2.27. The first-order valence-electron chi connectivity index (χ1n) is 10.8. The third-order valence-electron chi connectivity index (χ3n) is 6.01. The lowest BCUT2D eigenvalue weighted by Gasteiger charge is -2.23. The van der Waals surface area contributed by atoms with Crippen molar-refractivity contribution in [2.75, 3.05) is 16.8 Å². The number of nitrogens with one attached hydrogen (secondary N) is 1. The van der Waals surface area contributed by atoms with E-state index in [0.29, 0.717) is 33.9 Å². The second kappa shape index (κ2) is 9.26. The monoisotopic (exact) mass is 506 g/mol. The van der Waals surface area contributed by atoms with Gasteiger partial charge in [0.1, 0.15) is 0 Å². The first kappa shape index (κ1) is 22.7. The van der Waals surface area contributed by atoms with Crippen molar-refractivity contribution in [2.45, 2.75) is 13.3 Å². The quantitative estimate of drug-likeness (QED) is 0.313. The molecule has 0 unspecified atom stereocenters. The summed E-state index contributed by atoms with van der Waals surface area (Å²) in [6.45, 7) is 2.35. The number of carbonyl (C=O) groups is 2. The molecule has 4 aromatic rings. The number of hydrogen-bond acceptors (Lipinski definition) is 3. The molecule has 0 saturated heterocycles. The predicted octanol–water partition coefficient (Wildman–Crippen LogP) is 7.49. The van der Waals surface area contributed by atoms with Gasteiger partial charge in [0.25, 0.3) is 11.8 Å². The van der Waals surface area contributed by atoms with Crippen LogP contribution in [0.2, 0.25) is 10.0 Å². The molecule has 1 aliphatic heterocycles. The van der Waals surface area contributed by atoms with Gasteiger partial charge in [0.2, 0.25) is 0 Å². The molecule has 1 aliphatic rings. The minimum atomic E-state index is -0.289. The third-order valence-corrected chi connectivity index (χ3v) is 7.72. The number of hydrogen-bond donors (Lipinski definition) is 1. The lowest BCUT2D eigenvalue weighted by molar-refractivity contribution is 0.0986. The van der Waals surface area contributed by atoms with Crippen LogP contribution in [0.1, 0.15) is 31.8 Å². The smallest absolute Gasteiger partial charge is 0.259 e. The second-order valence-electron chi connectivity index (χ2n) is 8.06. The number of para-hydroxylation sites is 1. The summed E-state index contributed by atoms with van der Waals surface area (Å²) in [5, 5.41) is 5.74. The minimum Gasteiger partial charge on any atom is -0.322 e. The van der Waals surface area contributed by atoms with E-state index < -0.39 is 0 Å². The standard InChI is InChI=1S/C27H20Cl2N2O2S/c1-16-19(6-4-7-22(16)28)26(32)30-18-9-10-20(23(29)15-18)27(33)31-13-11-17-12-14-34-25(17)21-5-2-3-8-24(21)31/h2-10,12,14-15H,11,13H2,1H3,(H,30,32). The van der Waals surface area contributed by atoms with E-state index in [-0.39, 0.29) is 16.8 Å². The molecule has 0 aliphatic carbocycles. The highest BCUT2D eigenvalue weighted by Crippen LogP contribution is 2.40. The van der Waals surface area contributed by atoms with Gasteiger partial charge in [0, 0.05) is 33.3 Å². The molecule has 170 valence electrons. The summed E-state index contributed by atoms with van der Waals surface area (Å²) < 4.78 is 0. The Hall–Kier alpha value is -3.12. The van der Waals surface area contributed by atoms with Crippen molar-refractivity contribution in [3.63, 3.8) is 0 Å². The maximum atomic E-state index is 13.6. The lowest BCUT2D eigenvalue weighted by Crippen LogP contribution is -2.32. The Morgan fingerprint density at radius 1 is 0.941 bits per heavy atom. The average molecular weight is 507 g/mol. The Labute approximate surface area is 211 Å². The van der Waals surface area contributed by atoms with Gasteiger partial charge in [0.05, 0.1) is 16.3 Å². The van der Waals surface area contributed by atoms with Crippen LogP contribution in [0, 0.1) is 6.92 Å². The van der Waals surface area contributed by atoms with Crippen LogP contribution in [-0.2, 0) is 6.42 Å². The van der Waals surface area contributed by atoms with Crippen LogP contribution in [0.15, 0.2) is 72.1 Å². The first-order chi connectivity index (χ1) is 16.4. The molecule has 0 fully saturated rings. The van der Waals surface area contributed by atoms with Crippen molar-refractivity contribution >= 4 is 57.7 Å². The van der Waals surface area contributed by atoms with Crippen LogP contribution in [0.5, 0.6) is 0 Å². The van der Waals surface area contributed by atoms with E-state index >= 15 is 0 Å². The molecule has 1 N–H and O–H groups in total. The van der Waals surface area contributed by atoms with Gasteiger partial charge in [-0.1, -0.05) is 47.5 Å². The molecule has 0 saturated carbocycles. The molecule has 2 amide bonds. The fourth-order valence-electron chi connectivity index (χ4n) is 4.20. The topological polar surface area (TPSA) is 49.4 Å². The van der Waals surface area contributed by atoms with Crippen LogP contribution in [-0.4, -0.2) is 18.4 Å². The first-order valence-corrected chi connectivity index (χ1v) is 12.4. The molecule has 0 radical (unpaired) electrons. The summed E-state index contributed by atoms with van der Waals surface area (Å²) in [5.74, 6) is -0.459. The summed E-state index contributed by atoms with van der Waals surface area (Å²) in [5.41, 5.74) is 5.25. The van der Waals surface area contributed by atoms with Gasteiger partial charge in [-0.2, -0.15) is 0 Å². The van der Waals surface area contributed by atoms with Gasteiger partial charge in [-0.25, -0.2) is 0 Å². The van der Waals surface area contributed by atoms with Crippen molar-refractivity contribution in [3.8, 4) is 10.4 Å². The zero-order valence-electron chi connectivity index (χ0n) is 18.3. The molecule has 5 rings (SSSR count). The summed E-state index contributed by atoms with van der Waals surface area (Å²) in [4.78, 5) is 29.3. The Kier molecular flexibility index (Phi) is 6.17. The van der Waals surface area contributed by atoms with Gasteiger partial charge in [0.15, 0.2) is 0 Å². The zero-order chi connectivity index (χ0) is 23.8. The number of carbonyl (C=O) groups excluding carboxylic acids is 2. The van der Waals surface area contributed by atoms with Gasteiger partial charge in [-0.05, 0) is 72.3 Å². The number of anilines is 2. The molecule has 34 heavy (non-hydrogen) atoms. The summed E-state index contributed by atoms with van der Waals surface area (Å²) in [6, 6.07) is 20.2. The summed E-state index contributed by atoms with van der Waals surface area (Å²) >= 11 is 14.4. The van der Waals surface area contributed by atoms with Crippen molar-refractivity contribution < 1.29 is 9.59 Å². The van der Waals surface area contributed by atoms with E-state index in [9.17, 15) is 9.59 Å². The zero-order valence-corrected chi connectivity index (χ0v) is 20.6. The highest BCUT2D eigenvalue weighted by molar-refractivity contribution is 7.13. The largest absolute Gasteiger partial charge is 0.322 e. The molecule has 4 nitrogen and oxygen atoms in total. The van der Waals surface area contributed by atoms with Gasteiger partial charge in [-0.3, -0.25) is 9.59 Å². The Morgan fingerprint density at radius 3 is 2.59 bits per heavy atom. The fraction of sp³-hybridized carbons (Fsp3) is 0.111. The van der Waals surface area contributed by atoms with E-state index in [0.717, 1.165) is 17.7 Å². The normalized spacial score (nSPS) is 12.5. The fourth-order valence-corrected chi connectivity index (χ4v) is 5.62. The number of halogens is 2. The average Bonchev–Trinajstić information content (AvgIpc) is 3.23. The SMILES string of the molecule is Cc1c(Cl)cccc1C(=O)Nc1ccc(C(=O)N2CCc3ccsc3-c3ccccc32)c(Cl)c1. The molecular formula is C27H20Cl2N2O2S. The van der Waals surface area contributed by atoms with Crippen molar-refractivity contribution in [3.05, 3.63) is 104 Å². The van der Waals surface area contributed by atoms with Crippen LogP contribution < -0.4 is 10.2 Å². The summed E-state index contributed by atoms with van der Waals surface area (Å²) in [7, 11) is 0. The Morgan fingerprint density at radius 2 is 1.76 bits per heavy atom. The maximum Gasteiger partial charge on any atom is 0.259 e. The number of nitrogens with zero attached hydrogens (tertiary/aromatic N) is 1. The van der Waals surface area contributed by atoms with E-state index in [1.165, 1.54) is 10.4 Å². The van der Waals surface area contributed by atoms with E-state index in [2.05, 4.69) is 16.8 Å². The number of thiophene rings is 1. The highest BCUT2D eigenvalue weighted by atomic mass is 35.5. The number of rotatable bonds is 3. The Bertz CT molecular complexity index is 1430. The third kappa shape index (κ3) is 4.11. The maximum absolute atomic E-state index is 13.6. The van der Waals surface area contributed by atoms with Crippen LogP contribution in [0.25, 0.3) is 10.4 Å². The summed E-state index contributed by atoms with van der Waals surface area (Å²) in [6.07, 6.45) is 0.768. The Balaban J connectivity index is 1.42. The molecule has 0 atom stereocenters. The van der Waals surface area contributed by atoms with Crippen LogP contribution >= 0.6 is 34.5 Å². The molecule has 3 aromatic carbocycles. The van der Waals surface area contributed by atoms with Gasteiger partial charge >= 0.3 is 0 Å². The number of fused-ring (bicyclic) bond motifs is 3. The van der Waals surface area contributed by atoms with Gasteiger partial charge < -0.3 is 10.2 Å². The van der Waals surface area contributed by atoms with E-state index in [1.807, 2.05) is 24.3 Å².